The summed E-state index contributed by atoms with van der Waals surface area (Å²) in [6.07, 6.45) is -9.83. The molecule has 0 aliphatic heterocycles. The highest BCUT2D eigenvalue weighted by Crippen LogP contribution is 2.38. The molecule has 0 spiro atoms. The van der Waals surface area contributed by atoms with E-state index in [1.54, 1.807) is 83.1 Å². The normalized spacial score (nSPS) is 25.0. The number of carbonyl (C=O) groups is 6. The molecule has 0 unspecified atom stereocenters. The average molecular weight is 601 g/mol. The van der Waals surface area contributed by atoms with E-state index in [0.29, 0.717) is 0 Å². The molecular formula is C30H48O12. The number of ether oxygens (including phenoxy) is 6. The lowest BCUT2D eigenvalue weighted by Crippen LogP contribution is -2.69. The van der Waals surface area contributed by atoms with E-state index in [1.807, 2.05) is 0 Å². The largest absolute Gasteiger partial charge is 0.454 e. The first-order valence-corrected chi connectivity index (χ1v) is 13.9. The topological polar surface area (TPSA) is 158 Å². The fourth-order valence-corrected chi connectivity index (χ4v) is 3.51. The van der Waals surface area contributed by atoms with Crippen LogP contribution in [0.5, 0.6) is 0 Å². The van der Waals surface area contributed by atoms with Crippen molar-refractivity contribution in [2.24, 2.45) is 21.7 Å². The Morgan fingerprint density at radius 2 is 0.476 bits per heavy atom. The highest BCUT2D eigenvalue weighted by atomic mass is 16.7. The molecule has 0 saturated heterocycles. The van der Waals surface area contributed by atoms with E-state index in [0.717, 1.165) is 13.8 Å². The van der Waals surface area contributed by atoms with Gasteiger partial charge in [-0.05, 0) is 83.1 Å². The molecule has 0 aromatic rings. The van der Waals surface area contributed by atoms with Crippen molar-refractivity contribution in [1.29, 1.82) is 0 Å². The summed E-state index contributed by atoms with van der Waals surface area (Å²) in [7, 11) is 0. The number of hydrogen-bond acceptors (Lipinski definition) is 12. The van der Waals surface area contributed by atoms with Gasteiger partial charge in [-0.2, -0.15) is 0 Å². The molecule has 1 aliphatic rings. The van der Waals surface area contributed by atoms with Crippen LogP contribution in [0.2, 0.25) is 0 Å². The molecule has 0 aromatic heterocycles. The summed E-state index contributed by atoms with van der Waals surface area (Å²) < 4.78 is 34.4. The molecular weight excluding hydrogens is 552 g/mol. The van der Waals surface area contributed by atoms with Gasteiger partial charge in [0.05, 0.1) is 21.7 Å². The van der Waals surface area contributed by atoms with Crippen LogP contribution in [0.15, 0.2) is 0 Å². The van der Waals surface area contributed by atoms with Crippen molar-refractivity contribution in [3.63, 3.8) is 0 Å². The molecule has 42 heavy (non-hydrogen) atoms. The second kappa shape index (κ2) is 13.0. The van der Waals surface area contributed by atoms with Crippen LogP contribution in [-0.4, -0.2) is 72.4 Å². The fourth-order valence-electron chi connectivity index (χ4n) is 3.51. The van der Waals surface area contributed by atoms with Gasteiger partial charge in [0.1, 0.15) is 0 Å². The Labute approximate surface area is 248 Å². The minimum Gasteiger partial charge on any atom is -0.454 e. The maximum atomic E-state index is 13.2. The van der Waals surface area contributed by atoms with Gasteiger partial charge in [-0.15, -0.1) is 0 Å². The highest BCUT2D eigenvalue weighted by Gasteiger charge is 2.62. The van der Waals surface area contributed by atoms with E-state index in [-0.39, 0.29) is 0 Å². The Morgan fingerprint density at radius 3 is 0.595 bits per heavy atom. The Morgan fingerprint density at radius 1 is 0.333 bits per heavy atom. The summed E-state index contributed by atoms with van der Waals surface area (Å²) in [4.78, 5) is 77.6. The molecule has 1 fully saturated rings. The number of carbonyl (C=O) groups excluding carboxylic acids is 6. The third-order valence-corrected chi connectivity index (χ3v) is 5.97. The average Bonchev–Trinajstić information content (AvgIpc) is 2.76. The third kappa shape index (κ3) is 9.97. The first kappa shape index (κ1) is 36.8. The van der Waals surface area contributed by atoms with Crippen molar-refractivity contribution in [2.75, 3.05) is 0 Å². The Balaban J connectivity index is 4.08. The van der Waals surface area contributed by atoms with Crippen LogP contribution in [0, 0.1) is 21.7 Å². The lowest BCUT2D eigenvalue weighted by atomic mass is 9.82. The zero-order valence-corrected chi connectivity index (χ0v) is 27.4. The van der Waals surface area contributed by atoms with E-state index in [2.05, 4.69) is 0 Å². The maximum absolute atomic E-state index is 13.2. The van der Waals surface area contributed by atoms with E-state index >= 15 is 0 Å². The van der Waals surface area contributed by atoms with Gasteiger partial charge in [-0.3, -0.25) is 28.8 Å². The minimum atomic E-state index is -1.64. The van der Waals surface area contributed by atoms with Gasteiger partial charge >= 0.3 is 35.8 Å². The van der Waals surface area contributed by atoms with Gasteiger partial charge in [0, 0.05) is 13.8 Å². The van der Waals surface area contributed by atoms with Gasteiger partial charge in [-0.25, -0.2) is 0 Å². The van der Waals surface area contributed by atoms with E-state index in [9.17, 15) is 28.8 Å². The maximum Gasteiger partial charge on any atom is 0.311 e. The van der Waals surface area contributed by atoms with Crippen molar-refractivity contribution < 1.29 is 57.2 Å². The van der Waals surface area contributed by atoms with Crippen LogP contribution < -0.4 is 0 Å². The summed E-state index contributed by atoms with van der Waals surface area (Å²) in [5, 5.41) is 0. The monoisotopic (exact) mass is 600 g/mol. The first-order valence-electron chi connectivity index (χ1n) is 13.9. The molecule has 0 radical (unpaired) electrons. The van der Waals surface area contributed by atoms with E-state index in [1.165, 1.54) is 0 Å². The van der Waals surface area contributed by atoms with Gasteiger partial charge < -0.3 is 28.4 Å². The number of rotatable bonds is 6. The van der Waals surface area contributed by atoms with E-state index in [4.69, 9.17) is 28.4 Å². The summed E-state index contributed by atoms with van der Waals surface area (Å²) in [6, 6.07) is 0. The lowest BCUT2D eigenvalue weighted by Gasteiger charge is -2.48. The summed E-state index contributed by atoms with van der Waals surface area (Å²) in [5.41, 5.74) is -4.32. The van der Waals surface area contributed by atoms with Crippen molar-refractivity contribution in [1.82, 2.24) is 0 Å². The molecule has 0 N–H and O–H groups in total. The Kier molecular flexibility index (Phi) is 11.4. The molecule has 1 aliphatic carbocycles. The smallest absolute Gasteiger partial charge is 0.311 e. The first-order chi connectivity index (χ1) is 18.7. The van der Waals surface area contributed by atoms with Crippen LogP contribution in [0.4, 0.5) is 0 Å². The molecule has 6 atom stereocenters. The molecule has 1 saturated carbocycles. The predicted octanol–water partition coefficient (Wildman–Crippen LogP) is 3.70. The fraction of sp³-hybridized carbons (Fsp3) is 0.800. The lowest BCUT2D eigenvalue weighted by molar-refractivity contribution is -0.266. The molecule has 12 nitrogen and oxygen atoms in total. The van der Waals surface area contributed by atoms with Gasteiger partial charge in [0.15, 0.2) is 36.6 Å². The summed E-state index contributed by atoms with van der Waals surface area (Å²) >= 11 is 0. The van der Waals surface area contributed by atoms with Crippen molar-refractivity contribution >= 4 is 35.8 Å². The summed E-state index contributed by atoms with van der Waals surface area (Å²) in [6.45, 7) is 21.0. The molecule has 0 heterocycles. The quantitative estimate of drug-likeness (QED) is 0.322. The Bertz CT molecular complexity index is 896. The predicted molar refractivity (Wildman–Crippen MR) is 148 cm³/mol. The standard InChI is InChI=1S/C30H48O12/c1-15(31)37-17-19(39-23(33)27(3,4)5)21(41-25(35)29(9,10)11)18(38-16(2)32)22(42-26(36)30(12,13)14)20(17)40-24(34)28(6,7)8/h17-22H,1-14H3/t17-,18+,19-,20+,21-,22+. The number of hydrogen-bond donors (Lipinski definition) is 0. The van der Waals surface area contributed by atoms with Crippen LogP contribution in [-0.2, 0) is 57.2 Å². The molecule has 12 heteroatoms. The van der Waals surface area contributed by atoms with Crippen LogP contribution in [0.1, 0.15) is 96.9 Å². The second-order valence-corrected chi connectivity index (χ2v) is 14.6. The van der Waals surface area contributed by atoms with Crippen LogP contribution in [0.25, 0.3) is 0 Å². The van der Waals surface area contributed by atoms with Gasteiger partial charge in [0.25, 0.3) is 0 Å². The van der Waals surface area contributed by atoms with Crippen molar-refractivity contribution in [3.05, 3.63) is 0 Å². The SMILES string of the molecule is CC(=O)O[C@@H]1[C@@H](OC(=O)C(C)(C)C)[C@H](OC(=O)C(C)(C)C)[C@H](OC(C)=O)[C@H](OC(=O)C(C)(C)C)[C@H]1OC(=O)C(C)(C)C. The minimum absolute atomic E-state index is 0.783. The van der Waals surface area contributed by atoms with Gasteiger partial charge in [-0.1, -0.05) is 0 Å². The molecule has 0 amide bonds. The van der Waals surface area contributed by atoms with Crippen LogP contribution in [0.3, 0.4) is 0 Å². The Hall–Kier alpha value is -3.18. The van der Waals surface area contributed by atoms with Gasteiger partial charge in [0.2, 0.25) is 0 Å². The molecule has 0 aromatic carbocycles. The van der Waals surface area contributed by atoms with Crippen molar-refractivity contribution in [3.8, 4) is 0 Å². The second-order valence-electron chi connectivity index (χ2n) is 14.6. The molecule has 0 bridgehead atoms. The molecule has 240 valence electrons. The van der Waals surface area contributed by atoms with Crippen LogP contribution >= 0.6 is 0 Å². The van der Waals surface area contributed by atoms with Crippen molar-refractivity contribution in [2.45, 2.75) is 134 Å². The molecule has 1 rings (SSSR count). The summed E-state index contributed by atoms with van der Waals surface area (Å²) in [5.74, 6) is -4.85. The van der Waals surface area contributed by atoms with E-state index < -0.39 is 94.1 Å². The number of esters is 6. The zero-order valence-electron chi connectivity index (χ0n) is 27.4. The highest BCUT2D eigenvalue weighted by molar-refractivity contribution is 5.78. The zero-order chi connectivity index (χ0) is 33.2. The third-order valence-electron chi connectivity index (χ3n) is 5.97.